The maximum absolute atomic E-state index is 12.5. The van der Waals surface area contributed by atoms with Crippen LogP contribution in [0.5, 0.6) is 0 Å². The number of carbonyl (C=O) groups excluding carboxylic acids is 1. The number of rotatable bonds is 7. The Hall–Kier alpha value is -1.48. The molecule has 1 amide bonds. The zero-order valence-corrected chi connectivity index (χ0v) is 15.6. The van der Waals surface area contributed by atoms with E-state index in [0.29, 0.717) is 19.6 Å². The number of β-amino-alcohol motifs (C(OH)–C–C–N with tert-alkyl or cyclic N) is 1. The van der Waals surface area contributed by atoms with Crippen LogP contribution in [0.4, 0.5) is 0 Å². The van der Waals surface area contributed by atoms with Crippen molar-refractivity contribution in [2.45, 2.75) is 37.8 Å². The average molecular weight is 369 g/mol. The van der Waals surface area contributed by atoms with Crippen molar-refractivity contribution < 1.29 is 18.3 Å². The number of aliphatic hydroxyl groups excluding tert-OH is 1. The summed E-state index contributed by atoms with van der Waals surface area (Å²) in [6, 6.07) is 5.60. The molecule has 2 rings (SSSR count). The Morgan fingerprint density at radius 3 is 2.44 bits per heavy atom. The lowest BCUT2D eigenvalue weighted by Gasteiger charge is -2.23. The minimum Gasteiger partial charge on any atom is -0.391 e. The highest BCUT2D eigenvalue weighted by molar-refractivity contribution is 7.89. The Bertz CT molecular complexity index is 688. The van der Waals surface area contributed by atoms with E-state index < -0.39 is 22.2 Å². The Labute approximate surface area is 149 Å². The fourth-order valence-electron chi connectivity index (χ4n) is 2.71. The molecular weight excluding hydrogens is 342 g/mol. The Morgan fingerprint density at radius 2 is 1.92 bits per heavy atom. The minimum absolute atomic E-state index is 0.0644. The third-order valence-electron chi connectivity index (χ3n) is 4.41. The van der Waals surface area contributed by atoms with E-state index in [1.807, 2.05) is 6.92 Å². The van der Waals surface area contributed by atoms with E-state index in [0.717, 1.165) is 5.56 Å². The van der Waals surface area contributed by atoms with Crippen LogP contribution >= 0.6 is 0 Å². The van der Waals surface area contributed by atoms with Crippen LogP contribution in [0, 0.1) is 18.8 Å². The first kappa shape index (κ1) is 19.8. The lowest BCUT2D eigenvalue weighted by atomic mass is 10.0. The van der Waals surface area contributed by atoms with E-state index in [9.17, 15) is 18.3 Å². The molecule has 1 aliphatic rings. The number of hydrogen-bond donors (Lipinski definition) is 4. The van der Waals surface area contributed by atoms with Crippen molar-refractivity contribution in [1.29, 1.82) is 0 Å². The maximum atomic E-state index is 12.5. The van der Waals surface area contributed by atoms with Gasteiger partial charge in [-0.05, 0) is 25.0 Å². The van der Waals surface area contributed by atoms with E-state index >= 15 is 0 Å². The lowest BCUT2D eigenvalue weighted by Crippen LogP contribution is -2.51. The molecule has 3 atom stereocenters. The van der Waals surface area contributed by atoms with Gasteiger partial charge >= 0.3 is 0 Å². The molecule has 7 nitrogen and oxygen atoms in total. The summed E-state index contributed by atoms with van der Waals surface area (Å²) in [6.07, 6.45) is -0.498. The standard InChI is InChI=1S/C17H27N3O4S/c1-11(2)16(17(22)19-9-13-8-18-10-15(13)21)20-25(23,24)14-6-4-12(3)5-7-14/h4-7,11,13,15-16,18,20-21H,8-10H2,1-3H3,(H,19,22). The highest BCUT2D eigenvalue weighted by Crippen LogP contribution is 2.13. The van der Waals surface area contributed by atoms with Gasteiger partial charge in [-0.3, -0.25) is 4.79 Å². The summed E-state index contributed by atoms with van der Waals surface area (Å²) in [7, 11) is -3.79. The molecule has 0 bridgehead atoms. The third kappa shape index (κ3) is 5.24. The molecule has 0 aromatic heterocycles. The molecular formula is C17H27N3O4S. The number of sulfonamides is 1. The van der Waals surface area contributed by atoms with Crippen LogP contribution in [0.2, 0.25) is 0 Å². The molecule has 4 N–H and O–H groups in total. The number of aryl methyl sites for hydroxylation is 1. The second kappa shape index (κ2) is 8.27. The summed E-state index contributed by atoms with van der Waals surface area (Å²) in [5.41, 5.74) is 0.959. The molecule has 0 spiro atoms. The normalized spacial score (nSPS) is 22.1. The summed E-state index contributed by atoms with van der Waals surface area (Å²) in [6.45, 7) is 6.89. The van der Waals surface area contributed by atoms with Crippen LogP contribution in [-0.2, 0) is 14.8 Å². The molecule has 1 heterocycles. The molecule has 1 saturated heterocycles. The van der Waals surface area contributed by atoms with E-state index in [1.165, 1.54) is 12.1 Å². The predicted octanol–water partition coefficient (Wildman–Crippen LogP) is -0.00558. The number of hydrogen-bond acceptors (Lipinski definition) is 5. The van der Waals surface area contributed by atoms with Crippen molar-refractivity contribution in [1.82, 2.24) is 15.4 Å². The minimum atomic E-state index is -3.79. The van der Waals surface area contributed by atoms with Crippen LogP contribution in [0.15, 0.2) is 29.2 Å². The zero-order valence-electron chi connectivity index (χ0n) is 14.8. The molecule has 25 heavy (non-hydrogen) atoms. The van der Waals surface area contributed by atoms with Gasteiger partial charge in [-0.2, -0.15) is 4.72 Å². The second-order valence-electron chi connectivity index (χ2n) is 6.89. The van der Waals surface area contributed by atoms with E-state index in [1.54, 1.807) is 26.0 Å². The molecule has 1 aliphatic heterocycles. The monoisotopic (exact) mass is 369 g/mol. The first-order chi connectivity index (χ1) is 11.7. The molecule has 3 unspecified atom stereocenters. The molecule has 0 radical (unpaired) electrons. The molecule has 1 fully saturated rings. The molecule has 0 aliphatic carbocycles. The maximum Gasteiger partial charge on any atom is 0.241 e. The molecule has 1 aromatic rings. The number of amides is 1. The second-order valence-corrected chi connectivity index (χ2v) is 8.60. The lowest BCUT2D eigenvalue weighted by molar-refractivity contribution is -0.123. The van der Waals surface area contributed by atoms with Crippen molar-refractivity contribution in [2.24, 2.45) is 11.8 Å². The smallest absolute Gasteiger partial charge is 0.241 e. The van der Waals surface area contributed by atoms with Gasteiger partial charge in [0.15, 0.2) is 0 Å². The van der Waals surface area contributed by atoms with Gasteiger partial charge in [-0.15, -0.1) is 0 Å². The Kier molecular flexibility index (Phi) is 6.56. The van der Waals surface area contributed by atoms with Gasteiger partial charge in [0.1, 0.15) is 6.04 Å². The number of nitrogens with one attached hydrogen (secondary N) is 3. The topological polar surface area (TPSA) is 108 Å². The van der Waals surface area contributed by atoms with Crippen LogP contribution in [0.1, 0.15) is 19.4 Å². The summed E-state index contributed by atoms with van der Waals surface area (Å²) in [4.78, 5) is 12.6. The van der Waals surface area contributed by atoms with Crippen molar-refractivity contribution in [3.05, 3.63) is 29.8 Å². The van der Waals surface area contributed by atoms with E-state index in [-0.39, 0.29) is 22.6 Å². The van der Waals surface area contributed by atoms with Crippen molar-refractivity contribution >= 4 is 15.9 Å². The molecule has 8 heteroatoms. The van der Waals surface area contributed by atoms with Gasteiger partial charge in [0.2, 0.25) is 15.9 Å². The summed E-state index contributed by atoms with van der Waals surface area (Å²) >= 11 is 0. The quantitative estimate of drug-likeness (QED) is 0.541. The highest BCUT2D eigenvalue weighted by Gasteiger charge is 2.30. The molecule has 140 valence electrons. The summed E-state index contributed by atoms with van der Waals surface area (Å²) < 4.78 is 27.6. The van der Waals surface area contributed by atoms with Crippen LogP contribution in [0.3, 0.4) is 0 Å². The largest absolute Gasteiger partial charge is 0.391 e. The molecule has 0 saturated carbocycles. The van der Waals surface area contributed by atoms with Gasteiger partial charge in [0, 0.05) is 25.6 Å². The van der Waals surface area contributed by atoms with Crippen molar-refractivity contribution in [2.75, 3.05) is 19.6 Å². The summed E-state index contributed by atoms with van der Waals surface area (Å²) in [5, 5.41) is 15.6. The van der Waals surface area contributed by atoms with E-state index in [4.69, 9.17) is 0 Å². The fraction of sp³-hybridized carbons (Fsp3) is 0.588. The van der Waals surface area contributed by atoms with Crippen LogP contribution in [0.25, 0.3) is 0 Å². The molecule has 1 aromatic carbocycles. The fourth-order valence-corrected chi connectivity index (χ4v) is 4.06. The number of aliphatic hydroxyl groups is 1. The van der Waals surface area contributed by atoms with Gasteiger partial charge in [-0.25, -0.2) is 8.42 Å². The van der Waals surface area contributed by atoms with Crippen LogP contribution < -0.4 is 15.4 Å². The van der Waals surface area contributed by atoms with Gasteiger partial charge in [0.25, 0.3) is 0 Å². The first-order valence-electron chi connectivity index (χ1n) is 8.46. The number of benzene rings is 1. The van der Waals surface area contributed by atoms with Gasteiger partial charge in [0.05, 0.1) is 11.0 Å². The average Bonchev–Trinajstić information content (AvgIpc) is 2.95. The zero-order chi connectivity index (χ0) is 18.6. The Morgan fingerprint density at radius 1 is 1.28 bits per heavy atom. The predicted molar refractivity (Wildman–Crippen MR) is 95.5 cm³/mol. The van der Waals surface area contributed by atoms with Gasteiger partial charge < -0.3 is 15.7 Å². The number of carbonyl (C=O) groups is 1. The highest BCUT2D eigenvalue weighted by atomic mass is 32.2. The van der Waals surface area contributed by atoms with Crippen molar-refractivity contribution in [3.8, 4) is 0 Å². The van der Waals surface area contributed by atoms with Crippen molar-refractivity contribution in [3.63, 3.8) is 0 Å². The summed E-state index contributed by atoms with van der Waals surface area (Å²) in [5.74, 6) is -0.665. The van der Waals surface area contributed by atoms with E-state index in [2.05, 4.69) is 15.4 Å². The SMILES string of the molecule is Cc1ccc(S(=O)(=O)NC(C(=O)NCC2CNCC2O)C(C)C)cc1. The van der Waals surface area contributed by atoms with Crippen LogP contribution in [-0.4, -0.2) is 51.2 Å². The van der Waals surface area contributed by atoms with Gasteiger partial charge in [-0.1, -0.05) is 31.5 Å². The third-order valence-corrected chi connectivity index (χ3v) is 5.86. The first-order valence-corrected chi connectivity index (χ1v) is 9.94. The Balaban J connectivity index is 2.04.